The summed E-state index contributed by atoms with van der Waals surface area (Å²) in [5.41, 5.74) is 2.13. The average Bonchev–Trinajstić information content (AvgIpc) is 2.55. The second-order valence-corrected chi connectivity index (χ2v) is 6.05. The van der Waals surface area contributed by atoms with Crippen LogP contribution in [0.1, 0.15) is 15.9 Å². The van der Waals surface area contributed by atoms with Crippen molar-refractivity contribution in [3.8, 4) is 5.75 Å². The third-order valence-corrected chi connectivity index (χ3v) is 3.86. The Bertz CT molecular complexity index is 713. The number of anilines is 1. The molecular formula is C17H16INO4. The number of esters is 1. The van der Waals surface area contributed by atoms with Gasteiger partial charge in [-0.2, -0.15) is 0 Å². The molecule has 5 nitrogen and oxygen atoms in total. The maximum atomic E-state index is 12.2. The van der Waals surface area contributed by atoms with Gasteiger partial charge in [-0.25, -0.2) is 4.79 Å². The molecule has 1 N–H and O–H groups in total. The van der Waals surface area contributed by atoms with Gasteiger partial charge in [0.25, 0.3) is 5.91 Å². The molecule has 0 spiro atoms. The third-order valence-electron chi connectivity index (χ3n) is 3.14. The molecule has 120 valence electrons. The zero-order valence-corrected chi connectivity index (χ0v) is 14.9. The van der Waals surface area contributed by atoms with E-state index in [1.807, 2.05) is 19.1 Å². The monoisotopic (exact) mass is 425 g/mol. The number of halogens is 1. The Hall–Kier alpha value is -2.09. The van der Waals surface area contributed by atoms with Crippen LogP contribution in [0.15, 0.2) is 42.5 Å². The lowest BCUT2D eigenvalue weighted by Gasteiger charge is -2.11. The van der Waals surface area contributed by atoms with Gasteiger partial charge in [-0.1, -0.05) is 0 Å². The van der Waals surface area contributed by atoms with E-state index in [9.17, 15) is 9.59 Å². The normalized spacial score (nSPS) is 10.0. The Balaban J connectivity index is 2.04. The first kappa shape index (κ1) is 17.3. The molecule has 0 aliphatic carbocycles. The fraction of sp³-hybridized carbons (Fsp3) is 0.176. The van der Waals surface area contributed by atoms with Crippen LogP contribution in [0.25, 0.3) is 0 Å². The molecule has 0 heterocycles. The number of benzene rings is 2. The van der Waals surface area contributed by atoms with E-state index in [1.165, 1.54) is 7.11 Å². The number of aryl methyl sites for hydroxylation is 1. The molecule has 0 aliphatic rings. The number of hydrogen-bond acceptors (Lipinski definition) is 4. The van der Waals surface area contributed by atoms with Gasteiger partial charge in [0.05, 0.1) is 7.11 Å². The highest BCUT2D eigenvalue weighted by molar-refractivity contribution is 14.1. The molecule has 0 unspecified atom stereocenters. The number of amides is 1. The van der Waals surface area contributed by atoms with Crippen LogP contribution in [-0.4, -0.2) is 25.6 Å². The van der Waals surface area contributed by atoms with Gasteiger partial charge in [0, 0.05) is 14.8 Å². The second kappa shape index (κ2) is 7.96. The Kier molecular flexibility index (Phi) is 5.97. The molecular weight excluding hydrogens is 409 g/mol. The van der Waals surface area contributed by atoms with E-state index in [2.05, 4.69) is 32.6 Å². The topological polar surface area (TPSA) is 64.6 Å². The predicted molar refractivity (Wildman–Crippen MR) is 95.8 cm³/mol. The summed E-state index contributed by atoms with van der Waals surface area (Å²) in [6.07, 6.45) is 0. The van der Waals surface area contributed by atoms with E-state index in [-0.39, 0.29) is 12.5 Å². The van der Waals surface area contributed by atoms with Crippen molar-refractivity contribution in [2.24, 2.45) is 0 Å². The van der Waals surface area contributed by atoms with Gasteiger partial charge in [-0.05, 0) is 77.5 Å². The van der Waals surface area contributed by atoms with Crippen molar-refractivity contribution in [1.29, 1.82) is 0 Å². The smallest absolute Gasteiger partial charge is 0.343 e. The maximum Gasteiger partial charge on any atom is 0.343 e. The first-order valence-corrected chi connectivity index (χ1v) is 7.94. The van der Waals surface area contributed by atoms with Crippen LogP contribution in [0.3, 0.4) is 0 Å². The van der Waals surface area contributed by atoms with Gasteiger partial charge in [-0.3, -0.25) is 4.79 Å². The van der Waals surface area contributed by atoms with Gasteiger partial charge < -0.3 is 14.8 Å². The van der Waals surface area contributed by atoms with Crippen molar-refractivity contribution in [2.45, 2.75) is 6.92 Å². The van der Waals surface area contributed by atoms with Crippen LogP contribution in [0.2, 0.25) is 0 Å². The number of carbonyl (C=O) groups is 2. The summed E-state index contributed by atoms with van der Waals surface area (Å²) >= 11 is 2.19. The van der Waals surface area contributed by atoms with Crippen molar-refractivity contribution in [1.82, 2.24) is 0 Å². The molecule has 0 radical (unpaired) electrons. The average molecular weight is 425 g/mol. The maximum absolute atomic E-state index is 12.2. The molecule has 1 amide bonds. The summed E-state index contributed by atoms with van der Waals surface area (Å²) in [4.78, 5) is 23.3. The molecule has 0 saturated carbocycles. The lowest BCUT2D eigenvalue weighted by atomic mass is 10.1. The Morgan fingerprint density at radius 2 is 1.83 bits per heavy atom. The van der Waals surface area contributed by atoms with Gasteiger partial charge in [0.1, 0.15) is 5.75 Å². The fourth-order valence-electron chi connectivity index (χ4n) is 1.86. The van der Waals surface area contributed by atoms with Crippen LogP contribution >= 0.6 is 22.6 Å². The lowest BCUT2D eigenvalue weighted by Crippen LogP contribution is -2.14. The summed E-state index contributed by atoms with van der Waals surface area (Å²) in [6.45, 7) is 1.71. The summed E-state index contributed by atoms with van der Waals surface area (Å²) in [5, 5.41) is 2.86. The Morgan fingerprint density at radius 1 is 1.13 bits per heavy atom. The summed E-state index contributed by atoms with van der Waals surface area (Å²) in [5.74, 6) is -0.0772. The van der Waals surface area contributed by atoms with Crippen LogP contribution in [0, 0.1) is 10.5 Å². The zero-order chi connectivity index (χ0) is 16.8. The molecule has 2 aromatic carbocycles. The van der Waals surface area contributed by atoms with Crippen LogP contribution < -0.4 is 10.1 Å². The van der Waals surface area contributed by atoms with E-state index in [0.717, 1.165) is 9.13 Å². The first-order valence-electron chi connectivity index (χ1n) is 6.87. The third kappa shape index (κ3) is 4.95. The van der Waals surface area contributed by atoms with Gasteiger partial charge >= 0.3 is 5.97 Å². The van der Waals surface area contributed by atoms with Crippen molar-refractivity contribution in [3.63, 3.8) is 0 Å². The molecule has 2 aromatic rings. The molecule has 0 saturated heterocycles. The second-order valence-electron chi connectivity index (χ2n) is 4.80. The van der Waals surface area contributed by atoms with Crippen molar-refractivity contribution in [3.05, 3.63) is 57.2 Å². The number of ether oxygens (including phenoxy) is 2. The lowest BCUT2D eigenvalue weighted by molar-refractivity contribution is -0.142. The van der Waals surface area contributed by atoms with Crippen LogP contribution in [0.5, 0.6) is 5.75 Å². The zero-order valence-electron chi connectivity index (χ0n) is 12.8. The summed E-state index contributed by atoms with van der Waals surface area (Å²) in [6, 6.07) is 12.5. The van der Waals surface area contributed by atoms with E-state index in [0.29, 0.717) is 17.0 Å². The molecule has 0 bridgehead atoms. The minimum absolute atomic E-state index is 0.149. The predicted octanol–water partition coefficient (Wildman–Crippen LogP) is 3.40. The fourth-order valence-corrected chi connectivity index (χ4v) is 2.22. The highest BCUT2D eigenvalue weighted by Crippen LogP contribution is 2.22. The standard InChI is InChI=1S/C17H16INO4/c1-11-9-14(23-10-16(20)22-2)7-8-15(11)19-17(21)12-3-5-13(18)6-4-12/h3-9H,10H2,1-2H3,(H,19,21). The van der Waals surface area contributed by atoms with E-state index in [4.69, 9.17) is 4.74 Å². The summed E-state index contributed by atoms with van der Waals surface area (Å²) in [7, 11) is 1.31. The highest BCUT2D eigenvalue weighted by Gasteiger charge is 2.09. The molecule has 2 rings (SSSR count). The minimum atomic E-state index is -0.446. The molecule has 0 fully saturated rings. The minimum Gasteiger partial charge on any atom is -0.482 e. The number of carbonyl (C=O) groups excluding carboxylic acids is 2. The van der Waals surface area contributed by atoms with E-state index in [1.54, 1.807) is 30.3 Å². The highest BCUT2D eigenvalue weighted by atomic mass is 127. The van der Waals surface area contributed by atoms with E-state index >= 15 is 0 Å². The number of rotatable bonds is 5. The molecule has 6 heteroatoms. The largest absolute Gasteiger partial charge is 0.482 e. The van der Waals surface area contributed by atoms with Gasteiger partial charge in [0.15, 0.2) is 6.61 Å². The van der Waals surface area contributed by atoms with Crippen molar-refractivity contribution >= 4 is 40.2 Å². The van der Waals surface area contributed by atoms with Gasteiger partial charge in [-0.15, -0.1) is 0 Å². The van der Waals surface area contributed by atoms with Crippen molar-refractivity contribution in [2.75, 3.05) is 19.0 Å². The molecule has 0 aliphatic heterocycles. The van der Waals surface area contributed by atoms with Crippen LogP contribution in [0.4, 0.5) is 5.69 Å². The molecule has 0 atom stereocenters. The molecule has 23 heavy (non-hydrogen) atoms. The number of nitrogens with one attached hydrogen (secondary N) is 1. The van der Waals surface area contributed by atoms with Gasteiger partial charge in [0.2, 0.25) is 0 Å². The van der Waals surface area contributed by atoms with Crippen molar-refractivity contribution < 1.29 is 19.1 Å². The van der Waals surface area contributed by atoms with Crippen LogP contribution in [-0.2, 0) is 9.53 Å². The SMILES string of the molecule is COC(=O)COc1ccc(NC(=O)c2ccc(I)cc2)c(C)c1. The summed E-state index contributed by atoms with van der Waals surface area (Å²) < 4.78 is 10.9. The molecule has 0 aromatic heterocycles. The first-order chi connectivity index (χ1) is 11.0. The number of hydrogen-bond donors (Lipinski definition) is 1. The number of methoxy groups -OCH3 is 1. The van der Waals surface area contributed by atoms with E-state index < -0.39 is 5.97 Å². The Morgan fingerprint density at radius 3 is 2.43 bits per heavy atom. The quantitative estimate of drug-likeness (QED) is 0.589. The Labute approximate surface area is 148 Å².